The van der Waals surface area contributed by atoms with E-state index in [1.54, 1.807) is 13.2 Å². The molecule has 0 saturated heterocycles. The first-order chi connectivity index (χ1) is 12.0. The van der Waals surface area contributed by atoms with Gasteiger partial charge in [0.05, 0.1) is 0 Å². The van der Waals surface area contributed by atoms with Crippen LogP contribution in [-0.2, 0) is 11.2 Å². The van der Waals surface area contributed by atoms with Crippen molar-refractivity contribution in [3.63, 3.8) is 0 Å². The van der Waals surface area contributed by atoms with Crippen LogP contribution in [0.3, 0.4) is 0 Å². The average Bonchev–Trinajstić information content (AvgIpc) is 2.59. The lowest BCUT2D eigenvalue weighted by atomic mass is 10.1. The molecule has 0 unspecified atom stereocenters. The first-order valence-electron chi connectivity index (χ1n) is 8.53. The van der Waals surface area contributed by atoms with Gasteiger partial charge in [-0.05, 0) is 43.9 Å². The van der Waals surface area contributed by atoms with Crippen molar-refractivity contribution in [3.05, 3.63) is 46.8 Å². The van der Waals surface area contributed by atoms with Crippen LogP contribution in [0.1, 0.15) is 40.7 Å². The third-order valence-corrected chi connectivity index (χ3v) is 3.87. The highest BCUT2D eigenvalue weighted by atomic mass is 16.5. The fourth-order valence-electron chi connectivity index (χ4n) is 2.56. The van der Waals surface area contributed by atoms with Gasteiger partial charge < -0.3 is 15.4 Å². The van der Waals surface area contributed by atoms with Gasteiger partial charge in [0.25, 0.3) is 5.91 Å². The van der Waals surface area contributed by atoms with Gasteiger partial charge in [-0.25, -0.2) is 9.97 Å². The zero-order valence-electron chi connectivity index (χ0n) is 15.3. The number of nitrogens with one attached hydrogen (secondary N) is 2. The number of rotatable bonds is 8. The summed E-state index contributed by atoms with van der Waals surface area (Å²) in [5, 5.41) is 6.13. The first kappa shape index (κ1) is 18.9. The normalized spacial score (nSPS) is 10.6. The zero-order valence-corrected chi connectivity index (χ0v) is 15.3. The van der Waals surface area contributed by atoms with Crippen LogP contribution in [0.5, 0.6) is 0 Å². The Morgan fingerprint density at radius 3 is 2.76 bits per heavy atom. The molecule has 0 aliphatic carbocycles. The Hall–Kier alpha value is -2.47. The molecular formula is C19H26N4O2. The molecule has 0 saturated carbocycles. The topological polar surface area (TPSA) is 76.1 Å². The third kappa shape index (κ3) is 5.26. The number of amides is 1. The van der Waals surface area contributed by atoms with Gasteiger partial charge in [0.1, 0.15) is 5.69 Å². The Morgan fingerprint density at radius 2 is 2.04 bits per heavy atom. The fourth-order valence-corrected chi connectivity index (χ4v) is 2.56. The highest BCUT2D eigenvalue weighted by Crippen LogP contribution is 2.24. The van der Waals surface area contributed by atoms with Crippen molar-refractivity contribution in [2.45, 2.75) is 33.6 Å². The van der Waals surface area contributed by atoms with E-state index in [0.717, 1.165) is 29.8 Å². The molecule has 2 rings (SSSR count). The second-order valence-electron chi connectivity index (χ2n) is 5.91. The molecule has 0 aliphatic rings. The highest BCUT2D eigenvalue weighted by molar-refractivity contribution is 5.92. The molecule has 25 heavy (non-hydrogen) atoms. The Balaban J connectivity index is 2.18. The van der Waals surface area contributed by atoms with Crippen LogP contribution in [0, 0.1) is 13.8 Å². The maximum Gasteiger partial charge on any atom is 0.270 e. The summed E-state index contributed by atoms with van der Waals surface area (Å²) in [6, 6.07) is 7.85. The number of hydrogen-bond acceptors (Lipinski definition) is 5. The van der Waals surface area contributed by atoms with Gasteiger partial charge in [-0.15, -0.1) is 0 Å². The van der Waals surface area contributed by atoms with E-state index in [9.17, 15) is 4.79 Å². The summed E-state index contributed by atoms with van der Waals surface area (Å²) in [5.41, 5.74) is 4.41. The number of anilines is 2. The number of ether oxygens (including phenoxy) is 1. The third-order valence-electron chi connectivity index (χ3n) is 3.87. The van der Waals surface area contributed by atoms with Gasteiger partial charge in [0.2, 0.25) is 5.95 Å². The predicted molar refractivity (Wildman–Crippen MR) is 99.4 cm³/mol. The summed E-state index contributed by atoms with van der Waals surface area (Å²) < 4.78 is 4.98. The molecule has 0 bridgehead atoms. The molecule has 134 valence electrons. The van der Waals surface area contributed by atoms with Gasteiger partial charge in [-0.2, -0.15) is 0 Å². The maximum absolute atomic E-state index is 12.3. The van der Waals surface area contributed by atoms with Crippen LogP contribution in [0.4, 0.5) is 11.6 Å². The predicted octanol–water partition coefficient (Wildman–Crippen LogP) is 3.17. The summed E-state index contributed by atoms with van der Waals surface area (Å²) in [7, 11) is 1.64. The Bertz CT molecular complexity index is 731. The van der Waals surface area contributed by atoms with Crippen molar-refractivity contribution < 1.29 is 9.53 Å². The largest absolute Gasteiger partial charge is 0.385 e. The van der Waals surface area contributed by atoms with Crippen LogP contribution in [0.2, 0.25) is 0 Å². The number of benzene rings is 1. The smallest absolute Gasteiger partial charge is 0.270 e. The highest BCUT2D eigenvalue weighted by Gasteiger charge is 2.12. The summed E-state index contributed by atoms with van der Waals surface area (Å²) in [5.74, 6) is 0.233. The van der Waals surface area contributed by atoms with Gasteiger partial charge in [0, 0.05) is 31.6 Å². The van der Waals surface area contributed by atoms with Crippen molar-refractivity contribution in [2.24, 2.45) is 0 Å². The van der Waals surface area contributed by atoms with E-state index in [1.807, 2.05) is 26.0 Å². The zero-order chi connectivity index (χ0) is 18.2. The van der Waals surface area contributed by atoms with Gasteiger partial charge >= 0.3 is 0 Å². The number of aromatic nitrogens is 2. The molecule has 1 aromatic carbocycles. The number of carbonyl (C=O) groups excluding carboxylic acids is 1. The molecule has 6 nitrogen and oxygen atoms in total. The quantitative estimate of drug-likeness (QED) is 0.721. The maximum atomic E-state index is 12.3. The molecule has 2 aromatic rings. The van der Waals surface area contributed by atoms with Crippen molar-refractivity contribution in [3.8, 4) is 0 Å². The minimum atomic E-state index is -0.204. The first-order valence-corrected chi connectivity index (χ1v) is 8.53. The molecule has 2 N–H and O–H groups in total. The lowest BCUT2D eigenvalue weighted by Crippen LogP contribution is -2.26. The van der Waals surface area contributed by atoms with E-state index in [-0.39, 0.29) is 5.91 Å². The molecular weight excluding hydrogens is 316 g/mol. The molecule has 0 atom stereocenters. The number of hydrogen-bond donors (Lipinski definition) is 2. The van der Waals surface area contributed by atoms with Gasteiger partial charge in [-0.1, -0.05) is 25.1 Å². The molecule has 1 amide bonds. The standard InChI is InChI=1S/C19H26N4O2/c1-5-15-9-6-8-13(2)17(15)23-19-21-14(3)12-16(22-19)18(24)20-10-7-11-25-4/h6,8-9,12H,5,7,10-11H2,1-4H3,(H,20,24)(H,21,22,23). The molecule has 0 fully saturated rings. The second-order valence-corrected chi connectivity index (χ2v) is 5.91. The summed E-state index contributed by atoms with van der Waals surface area (Å²) in [6.45, 7) is 7.17. The van der Waals surface area contributed by atoms with E-state index in [4.69, 9.17) is 4.74 Å². The minimum Gasteiger partial charge on any atom is -0.385 e. The van der Waals surface area contributed by atoms with Crippen molar-refractivity contribution in [1.29, 1.82) is 0 Å². The Morgan fingerprint density at radius 1 is 1.24 bits per heavy atom. The second kappa shape index (κ2) is 9.13. The molecule has 1 aromatic heterocycles. The van der Waals surface area contributed by atoms with Crippen molar-refractivity contribution in [2.75, 3.05) is 25.6 Å². The van der Waals surface area contributed by atoms with E-state index in [0.29, 0.717) is 24.8 Å². The van der Waals surface area contributed by atoms with Crippen molar-refractivity contribution >= 4 is 17.5 Å². The van der Waals surface area contributed by atoms with E-state index >= 15 is 0 Å². The average molecular weight is 342 g/mol. The van der Waals surface area contributed by atoms with Crippen LogP contribution in [0.25, 0.3) is 0 Å². The molecule has 6 heteroatoms. The Labute approximate surface area is 149 Å². The lowest BCUT2D eigenvalue weighted by Gasteiger charge is -2.14. The van der Waals surface area contributed by atoms with Crippen LogP contribution in [-0.4, -0.2) is 36.1 Å². The van der Waals surface area contributed by atoms with E-state index < -0.39 is 0 Å². The fraction of sp³-hybridized carbons (Fsp3) is 0.421. The number of methoxy groups -OCH3 is 1. The van der Waals surface area contributed by atoms with Crippen LogP contribution in [0.15, 0.2) is 24.3 Å². The summed E-state index contributed by atoms with van der Waals surface area (Å²) in [4.78, 5) is 21.1. The summed E-state index contributed by atoms with van der Waals surface area (Å²) >= 11 is 0. The van der Waals surface area contributed by atoms with Gasteiger partial charge in [-0.3, -0.25) is 4.79 Å². The number of nitrogens with zero attached hydrogens (tertiary/aromatic N) is 2. The minimum absolute atomic E-state index is 0.204. The molecule has 0 radical (unpaired) electrons. The number of aryl methyl sites for hydroxylation is 3. The SMILES string of the molecule is CCc1cccc(C)c1Nc1nc(C)cc(C(=O)NCCCOC)n1. The molecule has 0 aliphatic heterocycles. The van der Waals surface area contributed by atoms with Crippen molar-refractivity contribution in [1.82, 2.24) is 15.3 Å². The monoisotopic (exact) mass is 342 g/mol. The Kier molecular flexibility index (Phi) is 6.89. The van der Waals surface area contributed by atoms with Crippen LogP contribution < -0.4 is 10.6 Å². The molecule has 0 spiro atoms. The van der Waals surface area contributed by atoms with E-state index in [1.165, 1.54) is 5.56 Å². The summed E-state index contributed by atoms with van der Waals surface area (Å²) in [6.07, 6.45) is 1.67. The lowest BCUT2D eigenvalue weighted by molar-refractivity contribution is 0.0943. The van der Waals surface area contributed by atoms with Crippen LogP contribution >= 0.6 is 0 Å². The molecule has 1 heterocycles. The number of carbonyl (C=O) groups is 1. The van der Waals surface area contributed by atoms with Gasteiger partial charge in [0.15, 0.2) is 0 Å². The number of para-hydroxylation sites is 1. The van der Waals surface area contributed by atoms with E-state index in [2.05, 4.69) is 33.6 Å².